The van der Waals surface area contributed by atoms with E-state index in [1.54, 1.807) is 17.5 Å². The van der Waals surface area contributed by atoms with E-state index in [0.29, 0.717) is 23.4 Å². The second kappa shape index (κ2) is 8.80. The third-order valence-corrected chi connectivity index (χ3v) is 5.88. The van der Waals surface area contributed by atoms with Crippen LogP contribution < -0.4 is 15.2 Å². The highest BCUT2D eigenvalue weighted by Crippen LogP contribution is 2.34. The molecule has 1 aromatic carbocycles. The van der Waals surface area contributed by atoms with Crippen molar-refractivity contribution in [1.29, 1.82) is 0 Å². The van der Waals surface area contributed by atoms with Gasteiger partial charge in [0.25, 0.3) is 5.88 Å². The smallest absolute Gasteiger partial charge is 0.257 e. The maximum Gasteiger partial charge on any atom is 0.257 e. The highest BCUT2D eigenvalue weighted by molar-refractivity contribution is 7.15. The van der Waals surface area contributed by atoms with Crippen LogP contribution >= 0.6 is 11.3 Å². The number of nitrogens with zero attached hydrogens (tertiary/aromatic N) is 3. The summed E-state index contributed by atoms with van der Waals surface area (Å²) in [5.74, 6) is 1.27. The summed E-state index contributed by atoms with van der Waals surface area (Å²) < 4.78 is 11.8. The predicted octanol–water partition coefficient (Wildman–Crippen LogP) is 4.22. The van der Waals surface area contributed by atoms with Crippen LogP contribution in [0, 0.1) is 0 Å². The molecule has 0 saturated carbocycles. The minimum Gasteiger partial charge on any atom is -0.484 e. The van der Waals surface area contributed by atoms with Gasteiger partial charge in [-0.15, -0.1) is 11.3 Å². The van der Waals surface area contributed by atoms with E-state index in [4.69, 9.17) is 15.2 Å². The molecule has 0 amide bonds. The van der Waals surface area contributed by atoms with Crippen molar-refractivity contribution < 1.29 is 9.47 Å². The third kappa shape index (κ3) is 4.36. The minimum atomic E-state index is -0.126. The SMILES string of the molecule is CC.Nc1nc2c(s1)CN(Cc1ccc(C3COc4cccnc4O3)cc1)CC2. The molecule has 2 aliphatic rings. The Morgan fingerprint density at radius 2 is 2.03 bits per heavy atom. The summed E-state index contributed by atoms with van der Waals surface area (Å²) in [6.07, 6.45) is 2.56. The molecule has 0 fully saturated rings. The van der Waals surface area contributed by atoms with Crippen molar-refractivity contribution in [3.05, 3.63) is 64.3 Å². The van der Waals surface area contributed by atoms with Gasteiger partial charge in [-0.25, -0.2) is 9.97 Å². The Balaban J connectivity index is 0.000000994. The quantitative estimate of drug-likeness (QED) is 0.697. The largest absolute Gasteiger partial charge is 0.484 e. The normalized spacial score (nSPS) is 17.8. The van der Waals surface area contributed by atoms with Crippen LogP contribution in [0.1, 0.15) is 41.6 Å². The molecule has 0 saturated heterocycles. The Hall–Kier alpha value is -2.64. The van der Waals surface area contributed by atoms with Gasteiger partial charge in [-0.2, -0.15) is 0 Å². The van der Waals surface area contributed by atoms with Crippen molar-refractivity contribution in [2.24, 2.45) is 0 Å². The van der Waals surface area contributed by atoms with E-state index in [-0.39, 0.29) is 6.10 Å². The van der Waals surface area contributed by atoms with Gasteiger partial charge in [0, 0.05) is 37.1 Å². The molecular weight excluding hydrogens is 384 g/mol. The number of hydrogen-bond donors (Lipinski definition) is 1. The van der Waals surface area contributed by atoms with E-state index in [9.17, 15) is 0 Å². The number of nitrogen functional groups attached to an aromatic ring is 1. The van der Waals surface area contributed by atoms with Crippen LogP contribution in [0.25, 0.3) is 0 Å². The van der Waals surface area contributed by atoms with Gasteiger partial charge >= 0.3 is 0 Å². The average Bonchev–Trinajstić information content (AvgIpc) is 3.15. The van der Waals surface area contributed by atoms with Gasteiger partial charge in [0.15, 0.2) is 17.0 Å². The number of rotatable bonds is 3. The summed E-state index contributed by atoms with van der Waals surface area (Å²) in [5, 5.41) is 0.678. The molecule has 5 rings (SSSR count). The molecule has 0 aliphatic carbocycles. The Kier molecular flexibility index (Phi) is 5.97. The first-order valence-electron chi connectivity index (χ1n) is 10.0. The molecule has 2 N–H and O–H groups in total. The molecule has 0 radical (unpaired) electrons. The monoisotopic (exact) mass is 410 g/mol. The van der Waals surface area contributed by atoms with Gasteiger partial charge in [0.2, 0.25) is 0 Å². The van der Waals surface area contributed by atoms with Crippen molar-refractivity contribution in [2.75, 3.05) is 18.9 Å². The number of anilines is 1. The number of thiazole rings is 1. The molecule has 3 aromatic rings. The second-order valence-electron chi connectivity index (χ2n) is 6.85. The summed E-state index contributed by atoms with van der Waals surface area (Å²) in [5.41, 5.74) is 9.40. The van der Waals surface area contributed by atoms with Crippen molar-refractivity contribution in [3.8, 4) is 11.6 Å². The first-order chi connectivity index (χ1) is 14.2. The lowest BCUT2D eigenvalue weighted by Gasteiger charge is -2.27. The second-order valence-corrected chi connectivity index (χ2v) is 7.96. The molecule has 29 heavy (non-hydrogen) atoms. The molecule has 0 bridgehead atoms. The van der Waals surface area contributed by atoms with Gasteiger partial charge in [0.05, 0.1) is 5.69 Å². The number of pyridine rings is 1. The topological polar surface area (TPSA) is 73.5 Å². The molecule has 1 atom stereocenters. The zero-order chi connectivity index (χ0) is 20.2. The van der Waals surface area contributed by atoms with Gasteiger partial charge in [-0.3, -0.25) is 4.90 Å². The van der Waals surface area contributed by atoms with Crippen LogP contribution in [0.5, 0.6) is 11.6 Å². The minimum absolute atomic E-state index is 0.126. The van der Waals surface area contributed by atoms with E-state index in [1.165, 1.54) is 16.1 Å². The molecule has 2 aliphatic heterocycles. The highest BCUT2D eigenvalue weighted by atomic mass is 32.1. The van der Waals surface area contributed by atoms with Crippen molar-refractivity contribution in [3.63, 3.8) is 0 Å². The fourth-order valence-corrected chi connectivity index (χ4v) is 4.49. The van der Waals surface area contributed by atoms with E-state index < -0.39 is 0 Å². The number of ether oxygens (including phenoxy) is 2. The van der Waals surface area contributed by atoms with Crippen LogP contribution in [0.4, 0.5) is 5.13 Å². The van der Waals surface area contributed by atoms with Crippen LogP contribution in [0.3, 0.4) is 0 Å². The highest BCUT2D eigenvalue weighted by Gasteiger charge is 2.24. The lowest BCUT2D eigenvalue weighted by Crippen LogP contribution is -2.29. The Bertz CT molecular complexity index is 958. The molecule has 152 valence electrons. The Labute approximate surface area is 175 Å². The molecular formula is C22H26N4O2S. The van der Waals surface area contributed by atoms with Gasteiger partial charge in [-0.1, -0.05) is 38.1 Å². The predicted molar refractivity (Wildman–Crippen MR) is 115 cm³/mol. The first-order valence-corrected chi connectivity index (χ1v) is 10.9. The van der Waals surface area contributed by atoms with Crippen molar-refractivity contribution in [2.45, 2.75) is 39.5 Å². The van der Waals surface area contributed by atoms with E-state index >= 15 is 0 Å². The number of benzene rings is 1. The standard InChI is InChI=1S/C20H20N4O2S.C2H6/c21-20-23-15-7-9-24(11-18(15)27-20)10-13-3-5-14(6-4-13)17-12-25-16-2-1-8-22-19(16)26-17;1-2/h1-6,8,17H,7,9-12H2,(H2,21,23);1-2H3. The number of nitrogens with two attached hydrogens (primary N) is 1. The molecule has 0 spiro atoms. The fraction of sp³-hybridized carbons (Fsp3) is 0.364. The van der Waals surface area contributed by atoms with Gasteiger partial charge < -0.3 is 15.2 Å². The summed E-state index contributed by atoms with van der Waals surface area (Å²) in [6, 6.07) is 12.3. The molecule has 4 heterocycles. The first kappa shape index (κ1) is 19.7. The third-order valence-electron chi connectivity index (χ3n) is 4.96. The summed E-state index contributed by atoms with van der Waals surface area (Å²) in [7, 11) is 0. The van der Waals surface area contributed by atoms with Crippen LogP contribution in [0.2, 0.25) is 0 Å². The van der Waals surface area contributed by atoms with Crippen LogP contribution in [-0.2, 0) is 19.5 Å². The zero-order valence-corrected chi connectivity index (χ0v) is 17.6. The number of hydrogen-bond acceptors (Lipinski definition) is 7. The summed E-state index contributed by atoms with van der Waals surface area (Å²) >= 11 is 1.61. The molecule has 2 aromatic heterocycles. The van der Waals surface area contributed by atoms with Crippen LogP contribution in [-0.4, -0.2) is 28.0 Å². The van der Waals surface area contributed by atoms with Crippen molar-refractivity contribution >= 4 is 16.5 Å². The number of fused-ring (bicyclic) bond motifs is 2. The Morgan fingerprint density at radius 1 is 1.21 bits per heavy atom. The molecule has 6 nitrogen and oxygen atoms in total. The van der Waals surface area contributed by atoms with E-state index in [1.807, 2.05) is 26.0 Å². The van der Waals surface area contributed by atoms with E-state index in [0.717, 1.165) is 31.6 Å². The number of aromatic nitrogens is 2. The summed E-state index contributed by atoms with van der Waals surface area (Å²) in [4.78, 5) is 12.4. The summed E-state index contributed by atoms with van der Waals surface area (Å²) in [6.45, 7) is 7.36. The van der Waals surface area contributed by atoms with Gasteiger partial charge in [0.1, 0.15) is 6.61 Å². The fourth-order valence-electron chi connectivity index (χ4n) is 3.57. The lowest BCUT2D eigenvalue weighted by molar-refractivity contribution is 0.0851. The maximum atomic E-state index is 5.99. The Morgan fingerprint density at radius 3 is 2.86 bits per heavy atom. The lowest BCUT2D eigenvalue weighted by atomic mass is 10.1. The molecule has 7 heteroatoms. The zero-order valence-electron chi connectivity index (χ0n) is 16.8. The van der Waals surface area contributed by atoms with E-state index in [2.05, 4.69) is 39.1 Å². The van der Waals surface area contributed by atoms with Gasteiger partial charge in [-0.05, 0) is 23.3 Å². The average molecular weight is 411 g/mol. The van der Waals surface area contributed by atoms with Crippen molar-refractivity contribution in [1.82, 2.24) is 14.9 Å². The van der Waals surface area contributed by atoms with Crippen LogP contribution in [0.15, 0.2) is 42.6 Å². The maximum absolute atomic E-state index is 5.99. The molecule has 1 unspecified atom stereocenters.